The highest BCUT2D eigenvalue weighted by Gasteiger charge is 2.26. The van der Waals surface area contributed by atoms with Crippen molar-refractivity contribution in [2.45, 2.75) is 48.9 Å². The van der Waals surface area contributed by atoms with Gasteiger partial charge >= 0.3 is 0 Å². The van der Waals surface area contributed by atoms with Crippen LogP contribution in [0.1, 0.15) is 26.2 Å². The summed E-state index contributed by atoms with van der Waals surface area (Å²) in [5.74, 6) is 2.74. The van der Waals surface area contributed by atoms with Crippen molar-refractivity contribution < 1.29 is 19.4 Å². The van der Waals surface area contributed by atoms with Gasteiger partial charge in [0.05, 0.1) is 6.33 Å². The molecule has 5 rings (SSSR count). The van der Waals surface area contributed by atoms with E-state index >= 15 is 0 Å². The number of hydrogen-bond donors (Lipinski definition) is 2. The molecule has 0 bridgehead atoms. The van der Waals surface area contributed by atoms with E-state index in [1.54, 1.807) is 11.2 Å². The highest BCUT2D eigenvalue weighted by molar-refractivity contribution is 9.10. The number of nitrogens with zero attached hydrogens (tertiary/aromatic N) is 5. The Hall–Kier alpha value is -2.57. The third-order valence-corrected chi connectivity index (χ3v) is 8.00. The molecule has 180 valence electrons. The Balaban J connectivity index is 1.28. The molecule has 4 heterocycles. The Kier molecular flexibility index (Phi) is 6.54. The van der Waals surface area contributed by atoms with Crippen LogP contribution in [0.25, 0.3) is 11.5 Å². The molecule has 3 N–H and O–H groups in total. The van der Waals surface area contributed by atoms with Crippen molar-refractivity contribution in [3.8, 4) is 23.0 Å². The van der Waals surface area contributed by atoms with Gasteiger partial charge in [-0.05, 0) is 71.9 Å². The largest absolute Gasteiger partial charge is 0.454 e. The summed E-state index contributed by atoms with van der Waals surface area (Å²) >= 11 is 4.99. The fourth-order valence-electron chi connectivity index (χ4n) is 4.25. The second-order valence-corrected chi connectivity index (χ2v) is 10.3. The lowest BCUT2D eigenvalue weighted by Gasteiger charge is -2.33. The van der Waals surface area contributed by atoms with Crippen LogP contribution < -0.4 is 15.2 Å². The van der Waals surface area contributed by atoms with Crippen molar-refractivity contribution in [1.29, 1.82) is 0 Å². The summed E-state index contributed by atoms with van der Waals surface area (Å²) in [6.45, 7) is 3.81. The van der Waals surface area contributed by atoms with E-state index in [0.717, 1.165) is 35.2 Å². The van der Waals surface area contributed by atoms with E-state index in [1.165, 1.54) is 18.7 Å². The maximum Gasteiger partial charge on any atom is 0.251 e. The number of hydrogen-bond acceptors (Lipinski definition) is 9. The van der Waals surface area contributed by atoms with Crippen molar-refractivity contribution in [3.05, 3.63) is 22.9 Å². The number of benzene rings is 1. The molecule has 4 aliphatic heterocycles. The number of imidazole rings is 1. The predicted octanol–water partition coefficient (Wildman–Crippen LogP) is 3.01. The molecule has 1 atom stereocenters. The first-order valence-electron chi connectivity index (χ1n) is 11.1. The number of nitrogens with two attached hydrogens (primary N) is 1. The lowest BCUT2D eigenvalue weighted by Crippen LogP contribution is -2.43. The minimum atomic E-state index is -0.942. The number of aryl methyl sites for hydroxylation is 1. The molecule has 1 aromatic carbocycles. The summed E-state index contributed by atoms with van der Waals surface area (Å²) in [5, 5.41) is 10.1. The number of aromatic nitrogens is 4. The van der Waals surface area contributed by atoms with Crippen molar-refractivity contribution in [2.24, 2.45) is 5.92 Å². The van der Waals surface area contributed by atoms with Gasteiger partial charge in [-0.3, -0.25) is 4.79 Å². The molecule has 0 aliphatic carbocycles. The fraction of sp³-hybridized carbons (Fsp3) is 0.455. The van der Waals surface area contributed by atoms with Gasteiger partial charge in [0.1, 0.15) is 6.10 Å². The van der Waals surface area contributed by atoms with Crippen LogP contribution in [0, 0.1) is 5.92 Å². The molecule has 0 aromatic heterocycles. The number of aliphatic hydroxyl groups is 1. The van der Waals surface area contributed by atoms with Crippen LogP contribution in [0.4, 0.5) is 5.82 Å². The first kappa shape index (κ1) is 23.2. The lowest BCUT2D eigenvalue weighted by molar-refractivity contribution is -0.140. The van der Waals surface area contributed by atoms with Gasteiger partial charge in [-0.2, -0.15) is 0 Å². The Morgan fingerprint density at radius 2 is 2.03 bits per heavy atom. The number of piperidine rings is 1. The van der Waals surface area contributed by atoms with Gasteiger partial charge in [-0.15, -0.1) is 0 Å². The van der Waals surface area contributed by atoms with E-state index in [9.17, 15) is 9.90 Å². The van der Waals surface area contributed by atoms with Crippen molar-refractivity contribution in [2.75, 3.05) is 25.6 Å². The second kappa shape index (κ2) is 9.59. The summed E-state index contributed by atoms with van der Waals surface area (Å²) in [4.78, 5) is 28.3. The zero-order chi connectivity index (χ0) is 23.8. The number of ether oxygens (including phenoxy) is 2. The third-order valence-electron chi connectivity index (χ3n) is 6.16. The molecule has 1 saturated heterocycles. The molecule has 4 aliphatic rings. The van der Waals surface area contributed by atoms with E-state index in [-0.39, 0.29) is 12.7 Å². The molecular weight excluding hydrogens is 524 g/mol. The van der Waals surface area contributed by atoms with Gasteiger partial charge in [-0.1, -0.05) is 0 Å². The number of carbonyl (C=O) groups excluding carboxylic acids is 1. The summed E-state index contributed by atoms with van der Waals surface area (Å²) < 4.78 is 13.8. The number of nitrogen functional groups attached to an aromatic ring is 1. The van der Waals surface area contributed by atoms with Crippen LogP contribution in [0.5, 0.6) is 11.5 Å². The molecule has 0 saturated carbocycles. The number of likely N-dealkylation sites (tertiary alicyclic amines) is 1. The summed E-state index contributed by atoms with van der Waals surface area (Å²) in [5.41, 5.74) is 6.69. The Morgan fingerprint density at radius 3 is 2.76 bits per heavy atom. The molecule has 1 amide bonds. The van der Waals surface area contributed by atoms with E-state index in [1.807, 2.05) is 16.7 Å². The van der Waals surface area contributed by atoms with Crippen LogP contribution in [0.2, 0.25) is 0 Å². The second-order valence-electron chi connectivity index (χ2n) is 8.47. The standard InChI is InChI=1S/C22H25BrN6O4S/c1-12(30)21(31)28-5-2-13(3-6-28)4-7-29-10-25-19(24)18-20(29)27-22(26-18)34-17-9-16-15(8-14(17)23)32-11-33-16/h8-10,12-13,30H,2-7,11,24H2,1H3/t12-/m0/s1. The zero-order valence-corrected chi connectivity index (χ0v) is 21.0. The SMILES string of the molecule is C[C@H](O)C(=O)N1CCC(CCn2cnc(N)c3nc(Sc4cc5c(cc4Br)OCO5)nc2-3)CC1. The number of halogens is 1. The maximum atomic E-state index is 12.0. The monoisotopic (exact) mass is 548 g/mol. The van der Waals surface area contributed by atoms with E-state index in [4.69, 9.17) is 20.2 Å². The first-order chi connectivity index (χ1) is 16.4. The summed E-state index contributed by atoms with van der Waals surface area (Å²) in [7, 11) is 0. The van der Waals surface area contributed by atoms with Gasteiger partial charge in [0, 0.05) is 29.0 Å². The quantitative estimate of drug-likeness (QED) is 0.477. The average Bonchev–Trinajstić information content (AvgIpc) is 3.46. The van der Waals surface area contributed by atoms with Crippen LogP contribution in [-0.4, -0.2) is 61.4 Å². The first-order valence-corrected chi connectivity index (χ1v) is 12.7. The van der Waals surface area contributed by atoms with E-state index in [2.05, 4.69) is 25.9 Å². The van der Waals surface area contributed by atoms with E-state index < -0.39 is 6.10 Å². The fourth-order valence-corrected chi connectivity index (χ4v) is 5.60. The molecule has 1 aromatic rings. The van der Waals surface area contributed by atoms with Gasteiger partial charge < -0.3 is 29.8 Å². The highest BCUT2D eigenvalue weighted by atomic mass is 79.9. The molecule has 0 unspecified atom stereocenters. The number of rotatable bonds is 6. The Bertz CT molecular complexity index is 1180. The van der Waals surface area contributed by atoms with Crippen LogP contribution >= 0.6 is 27.7 Å². The molecule has 1 fully saturated rings. The Labute approximate surface area is 209 Å². The molecule has 0 radical (unpaired) electrons. The smallest absolute Gasteiger partial charge is 0.251 e. The molecular formula is C22H25BrN6O4S. The van der Waals surface area contributed by atoms with Crippen LogP contribution in [0.3, 0.4) is 0 Å². The van der Waals surface area contributed by atoms with Gasteiger partial charge in [-0.25, -0.2) is 15.0 Å². The van der Waals surface area contributed by atoms with Gasteiger partial charge in [0.25, 0.3) is 5.91 Å². The topological polar surface area (TPSA) is 129 Å². The molecule has 0 spiro atoms. The normalized spacial score (nSPS) is 16.9. The van der Waals surface area contributed by atoms with E-state index in [0.29, 0.717) is 53.0 Å². The van der Waals surface area contributed by atoms with Gasteiger partial charge in [0.15, 0.2) is 34.0 Å². The minimum Gasteiger partial charge on any atom is -0.454 e. The maximum absolute atomic E-state index is 12.0. The third kappa shape index (κ3) is 4.66. The van der Waals surface area contributed by atoms with Crippen LogP contribution in [-0.2, 0) is 11.3 Å². The Morgan fingerprint density at radius 1 is 1.29 bits per heavy atom. The highest BCUT2D eigenvalue weighted by Crippen LogP contribution is 2.43. The van der Waals surface area contributed by atoms with Crippen molar-refractivity contribution in [3.63, 3.8) is 0 Å². The summed E-state index contributed by atoms with van der Waals surface area (Å²) in [6, 6.07) is 3.78. The molecule has 12 heteroatoms. The number of fused-ring (bicyclic) bond motifs is 2. The molecule has 34 heavy (non-hydrogen) atoms. The number of amides is 1. The predicted molar refractivity (Wildman–Crippen MR) is 129 cm³/mol. The van der Waals surface area contributed by atoms with Gasteiger partial charge in [0.2, 0.25) is 6.79 Å². The average molecular weight is 549 g/mol. The number of aliphatic hydroxyl groups excluding tert-OH is 1. The number of anilines is 1. The number of carbonyl (C=O) groups is 1. The summed E-state index contributed by atoms with van der Waals surface area (Å²) in [6.07, 6.45) is 3.53. The van der Waals surface area contributed by atoms with Crippen LogP contribution in [0.15, 0.2) is 33.0 Å². The van der Waals surface area contributed by atoms with Crippen molar-refractivity contribution >= 4 is 39.4 Å². The zero-order valence-electron chi connectivity index (χ0n) is 18.6. The minimum absolute atomic E-state index is 0.191. The lowest BCUT2D eigenvalue weighted by atomic mass is 9.93. The van der Waals surface area contributed by atoms with Crippen molar-refractivity contribution in [1.82, 2.24) is 24.4 Å². The molecule has 10 nitrogen and oxygen atoms in total.